The second kappa shape index (κ2) is 7.72. The van der Waals surface area contributed by atoms with Gasteiger partial charge in [-0.1, -0.05) is 25.5 Å². The van der Waals surface area contributed by atoms with Gasteiger partial charge in [0.15, 0.2) is 0 Å². The molecule has 4 rings (SSSR count). The number of imidazole rings is 1. The fourth-order valence-corrected chi connectivity index (χ4v) is 3.45. The zero-order valence-electron chi connectivity index (χ0n) is 16.4. The molecule has 0 bridgehead atoms. The molecule has 0 amide bonds. The van der Waals surface area contributed by atoms with Gasteiger partial charge >= 0.3 is 0 Å². The van der Waals surface area contributed by atoms with E-state index in [9.17, 15) is 0 Å². The van der Waals surface area contributed by atoms with Crippen LogP contribution < -0.4 is 0 Å². The highest BCUT2D eigenvalue weighted by atomic mass is 15.1. The molecule has 0 spiro atoms. The molecule has 140 valence electrons. The fraction of sp³-hybridized carbons (Fsp3) is 0.217. The third-order valence-corrected chi connectivity index (χ3v) is 4.96. The van der Waals surface area contributed by atoms with Gasteiger partial charge in [-0.05, 0) is 59.9 Å². The maximum atomic E-state index is 4.94. The van der Waals surface area contributed by atoms with Gasteiger partial charge in [-0.25, -0.2) is 9.97 Å². The molecule has 5 nitrogen and oxygen atoms in total. The number of hydrogen-bond acceptors (Lipinski definition) is 4. The first-order valence-corrected chi connectivity index (χ1v) is 9.51. The maximum absolute atomic E-state index is 4.94. The van der Waals surface area contributed by atoms with Crippen LogP contribution in [0.5, 0.6) is 0 Å². The van der Waals surface area contributed by atoms with Crippen molar-refractivity contribution < 1.29 is 0 Å². The summed E-state index contributed by atoms with van der Waals surface area (Å²) in [5, 5.41) is 8.97. The van der Waals surface area contributed by atoms with Crippen LogP contribution in [0, 0.1) is 6.92 Å². The summed E-state index contributed by atoms with van der Waals surface area (Å²) < 4.78 is 1.99. The molecular weight excluding hydrogens is 346 g/mol. The van der Waals surface area contributed by atoms with E-state index in [2.05, 4.69) is 59.4 Å². The minimum Gasteiger partial charge on any atom is -0.332 e. The van der Waals surface area contributed by atoms with Crippen molar-refractivity contribution in [1.82, 2.24) is 24.7 Å². The molecule has 0 N–H and O–H groups in total. The van der Waals surface area contributed by atoms with Crippen molar-refractivity contribution in [3.63, 3.8) is 0 Å². The van der Waals surface area contributed by atoms with Crippen molar-refractivity contribution >= 4 is 23.1 Å². The van der Waals surface area contributed by atoms with Gasteiger partial charge in [0.25, 0.3) is 0 Å². The van der Waals surface area contributed by atoms with Gasteiger partial charge < -0.3 is 4.57 Å². The second-order valence-electron chi connectivity index (χ2n) is 7.04. The summed E-state index contributed by atoms with van der Waals surface area (Å²) in [5.41, 5.74) is 7.74. The number of nitrogens with zero attached hydrogens (tertiary/aromatic N) is 5. The summed E-state index contributed by atoms with van der Waals surface area (Å²) >= 11 is 0. The Morgan fingerprint density at radius 1 is 1.07 bits per heavy atom. The Morgan fingerprint density at radius 2 is 1.96 bits per heavy atom. The van der Waals surface area contributed by atoms with E-state index in [0.717, 1.165) is 40.9 Å². The molecule has 3 aromatic heterocycles. The molecule has 4 aromatic rings. The number of pyridine rings is 1. The molecule has 0 aliphatic carbocycles. The third kappa shape index (κ3) is 3.56. The molecule has 28 heavy (non-hydrogen) atoms. The summed E-state index contributed by atoms with van der Waals surface area (Å²) in [5.74, 6) is 0. The lowest BCUT2D eigenvalue weighted by Crippen LogP contribution is -1.97. The number of rotatable bonds is 5. The molecule has 3 heterocycles. The topological polar surface area (TPSA) is 56.5 Å². The molecule has 0 radical (unpaired) electrons. The van der Waals surface area contributed by atoms with Crippen LogP contribution >= 0.6 is 0 Å². The maximum Gasteiger partial charge on any atom is 0.0948 e. The Labute approximate surface area is 164 Å². The lowest BCUT2D eigenvalue weighted by atomic mass is 9.97. The van der Waals surface area contributed by atoms with E-state index in [1.165, 1.54) is 16.5 Å². The zero-order chi connectivity index (χ0) is 19.5. The summed E-state index contributed by atoms with van der Waals surface area (Å²) in [4.78, 5) is 9.19. The van der Waals surface area contributed by atoms with E-state index in [1.807, 2.05) is 23.9 Å². The van der Waals surface area contributed by atoms with E-state index >= 15 is 0 Å². The van der Waals surface area contributed by atoms with Crippen molar-refractivity contribution in [2.45, 2.75) is 26.7 Å². The van der Waals surface area contributed by atoms with Crippen LogP contribution in [0.15, 0.2) is 49.2 Å². The predicted octanol–water partition coefficient (Wildman–Crippen LogP) is 4.86. The molecule has 5 heteroatoms. The first-order valence-electron chi connectivity index (χ1n) is 9.51. The van der Waals surface area contributed by atoms with E-state index in [4.69, 9.17) is 4.98 Å². The minimum atomic E-state index is 0.919. The quantitative estimate of drug-likeness (QED) is 0.504. The molecule has 0 aliphatic rings. The lowest BCUT2D eigenvalue weighted by Gasteiger charge is -2.12. The van der Waals surface area contributed by atoms with Gasteiger partial charge in [-0.2, -0.15) is 10.2 Å². The average molecular weight is 369 g/mol. The first kappa shape index (κ1) is 18.0. The summed E-state index contributed by atoms with van der Waals surface area (Å²) in [7, 11) is 1.99. The smallest absolute Gasteiger partial charge is 0.0948 e. The van der Waals surface area contributed by atoms with Crippen LogP contribution in [-0.4, -0.2) is 24.7 Å². The molecule has 0 saturated carbocycles. The fourth-order valence-electron chi connectivity index (χ4n) is 3.45. The van der Waals surface area contributed by atoms with Gasteiger partial charge in [0.2, 0.25) is 0 Å². The molecule has 0 aliphatic heterocycles. The van der Waals surface area contributed by atoms with E-state index in [-0.39, 0.29) is 0 Å². The molecule has 0 atom stereocenters. The van der Waals surface area contributed by atoms with Crippen molar-refractivity contribution in [1.29, 1.82) is 0 Å². The minimum absolute atomic E-state index is 0.919. The van der Waals surface area contributed by atoms with Crippen LogP contribution in [0.25, 0.3) is 34.4 Å². The highest BCUT2D eigenvalue weighted by Gasteiger charge is 2.11. The van der Waals surface area contributed by atoms with Gasteiger partial charge in [-0.15, -0.1) is 0 Å². The van der Waals surface area contributed by atoms with Crippen molar-refractivity contribution in [2.24, 2.45) is 7.05 Å². The van der Waals surface area contributed by atoms with Crippen molar-refractivity contribution in [3.8, 4) is 11.4 Å². The normalized spacial score (nSPS) is 11.5. The van der Waals surface area contributed by atoms with Crippen LogP contribution in [0.2, 0.25) is 0 Å². The predicted molar refractivity (Wildman–Crippen MR) is 114 cm³/mol. The number of aromatic nitrogens is 5. The van der Waals surface area contributed by atoms with E-state index in [0.29, 0.717) is 0 Å². The number of fused-ring (bicyclic) bond motifs is 1. The first-order chi connectivity index (χ1) is 13.7. The Hall–Kier alpha value is -3.34. The summed E-state index contributed by atoms with van der Waals surface area (Å²) in [6, 6.07) is 8.57. The van der Waals surface area contributed by atoms with Crippen LogP contribution in [0.3, 0.4) is 0 Å². The van der Waals surface area contributed by atoms with Crippen molar-refractivity contribution in [2.75, 3.05) is 0 Å². The van der Waals surface area contributed by atoms with Crippen LogP contribution in [0.1, 0.15) is 35.6 Å². The van der Waals surface area contributed by atoms with Gasteiger partial charge in [0, 0.05) is 12.4 Å². The van der Waals surface area contributed by atoms with E-state index in [1.54, 1.807) is 18.7 Å². The molecule has 0 unspecified atom stereocenters. The largest absolute Gasteiger partial charge is 0.332 e. The zero-order valence-corrected chi connectivity index (χ0v) is 16.4. The molecule has 1 aromatic carbocycles. The number of aryl methyl sites for hydroxylation is 3. The van der Waals surface area contributed by atoms with E-state index < -0.39 is 0 Å². The SMILES string of the molecule is CCCc1cc2c(/C=C/c3ccnnc3)cc(-c3cncn3C)nc2cc1C. The Kier molecular flexibility index (Phi) is 4.98. The third-order valence-electron chi connectivity index (χ3n) is 4.96. The highest BCUT2D eigenvalue weighted by Crippen LogP contribution is 2.28. The lowest BCUT2D eigenvalue weighted by molar-refractivity contribution is 0.913. The number of hydrogen-bond donors (Lipinski definition) is 0. The summed E-state index contributed by atoms with van der Waals surface area (Å²) in [6.45, 7) is 4.38. The van der Waals surface area contributed by atoms with Gasteiger partial charge in [-0.3, -0.25) is 0 Å². The monoisotopic (exact) mass is 369 g/mol. The molecular formula is C23H23N5. The van der Waals surface area contributed by atoms with Gasteiger partial charge in [0.05, 0.1) is 41.8 Å². The molecule has 0 fully saturated rings. The Balaban J connectivity index is 1.91. The van der Waals surface area contributed by atoms with Crippen LogP contribution in [0.4, 0.5) is 0 Å². The highest BCUT2D eigenvalue weighted by molar-refractivity contribution is 5.93. The van der Waals surface area contributed by atoms with Crippen molar-refractivity contribution in [3.05, 3.63) is 71.4 Å². The number of benzene rings is 1. The van der Waals surface area contributed by atoms with Crippen LogP contribution in [-0.2, 0) is 13.5 Å². The average Bonchev–Trinajstić information content (AvgIpc) is 3.13. The summed E-state index contributed by atoms with van der Waals surface area (Å²) in [6.07, 6.45) is 13.5. The Bertz CT molecular complexity index is 1140. The second-order valence-corrected chi connectivity index (χ2v) is 7.04. The molecule has 0 saturated heterocycles. The Morgan fingerprint density at radius 3 is 2.68 bits per heavy atom. The van der Waals surface area contributed by atoms with Gasteiger partial charge in [0.1, 0.15) is 0 Å². The standard InChI is InChI=1S/C23H23N5/c1-4-5-18-11-20-19(7-6-17-8-9-25-26-13-17)12-22(23-14-24-15-28(23)3)27-21(20)10-16(18)2/h6-15H,4-5H2,1-3H3/b7-6+.